The molecule has 6 nitrogen and oxygen atoms in total. The molecule has 1 heterocycles. The Morgan fingerprint density at radius 1 is 1.17 bits per heavy atom. The molecule has 0 unspecified atom stereocenters. The third kappa shape index (κ3) is 6.26. The van der Waals surface area contributed by atoms with Crippen molar-refractivity contribution in [3.05, 3.63) is 65.9 Å². The Morgan fingerprint density at radius 3 is 2.69 bits per heavy atom. The van der Waals surface area contributed by atoms with Gasteiger partial charge in [0, 0.05) is 29.2 Å². The molecule has 0 radical (unpaired) electrons. The van der Waals surface area contributed by atoms with Gasteiger partial charge in [-0.3, -0.25) is 15.1 Å². The maximum atomic E-state index is 12.3. The van der Waals surface area contributed by atoms with Crippen LogP contribution < -0.4 is 15.8 Å². The Morgan fingerprint density at radius 2 is 1.93 bits per heavy atom. The zero-order chi connectivity index (χ0) is 19.8. The van der Waals surface area contributed by atoms with Gasteiger partial charge in [-0.2, -0.15) is 0 Å². The summed E-state index contributed by atoms with van der Waals surface area (Å²) >= 11 is 0. The fourth-order valence-corrected chi connectivity index (χ4v) is 2.90. The fraction of sp³-hybridized carbons (Fsp3) is 0.273. The quantitative estimate of drug-likeness (QED) is 0.295. The van der Waals surface area contributed by atoms with Crippen molar-refractivity contribution in [2.75, 3.05) is 13.2 Å². The molecule has 3 aromatic rings. The Kier molecular flexibility index (Phi) is 8.55. The van der Waals surface area contributed by atoms with E-state index in [9.17, 15) is 4.79 Å². The van der Waals surface area contributed by atoms with E-state index in [4.69, 9.17) is 10.5 Å². The molecule has 0 bridgehead atoms. The number of halogens is 1. The molecule has 154 valence electrons. The second-order valence-corrected chi connectivity index (χ2v) is 6.56. The number of aliphatic imine (C=N–C) groups is 1. The SMILES string of the molecule is CCCCOc1ccc(C(=O)NC(N)=NCCc2c[nH]c3ccccc23)cc1.Cl. The summed E-state index contributed by atoms with van der Waals surface area (Å²) in [4.78, 5) is 19.8. The standard InChI is InChI=1S/C22H26N4O2.ClH/c1-2-3-14-28-18-10-8-16(9-11-18)21(27)26-22(23)24-13-12-17-15-25-20-7-5-4-6-19(17)20;/h4-11,15,25H,2-3,12-14H2,1H3,(H3,23,24,26,27);1H. The molecule has 0 atom stereocenters. The van der Waals surface area contributed by atoms with Gasteiger partial charge in [-0.15, -0.1) is 12.4 Å². The number of aromatic nitrogens is 1. The van der Waals surface area contributed by atoms with Crippen LogP contribution in [0.25, 0.3) is 10.9 Å². The van der Waals surface area contributed by atoms with Crippen molar-refractivity contribution in [1.29, 1.82) is 0 Å². The average Bonchev–Trinajstić information content (AvgIpc) is 3.12. The van der Waals surface area contributed by atoms with Gasteiger partial charge in [0.05, 0.1) is 6.61 Å². The van der Waals surface area contributed by atoms with Crippen molar-refractivity contribution in [2.45, 2.75) is 26.2 Å². The number of H-pyrrole nitrogens is 1. The lowest BCUT2D eigenvalue weighted by molar-refractivity contribution is 0.0976. The first-order valence-electron chi connectivity index (χ1n) is 9.56. The summed E-state index contributed by atoms with van der Waals surface area (Å²) in [7, 11) is 0. The minimum absolute atomic E-state index is 0. The Labute approximate surface area is 177 Å². The molecular weight excluding hydrogens is 388 g/mol. The first-order valence-corrected chi connectivity index (χ1v) is 9.56. The number of aromatic amines is 1. The second kappa shape index (κ2) is 11.1. The van der Waals surface area contributed by atoms with E-state index in [0.29, 0.717) is 18.7 Å². The number of rotatable bonds is 8. The number of nitrogens with two attached hydrogens (primary N) is 1. The number of fused-ring (bicyclic) bond motifs is 1. The maximum absolute atomic E-state index is 12.3. The lowest BCUT2D eigenvalue weighted by Gasteiger charge is -2.07. The highest BCUT2D eigenvalue weighted by Crippen LogP contribution is 2.18. The molecule has 0 saturated carbocycles. The summed E-state index contributed by atoms with van der Waals surface area (Å²) in [6.07, 6.45) is 4.82. The molecule has 29 heavy (non-hydrogen) atoms. The molecule has 0 spiro atoms. The van der Waals surface area contributed by atoms with E-state index in [1.807, 2.05) is 24.4 Å². The van der Waals surface area contributed by atoms with Gasteiger partial charge < -0.3 is 15.5 Å². The van der Waals surface area contributed by atoms with Crippen molar-refractivity contribution < 1.29 is 9.53 Å². The van der Waals surface area contributed by atoms with Crippen LogP contribution in [0.5, 0.6) is 5.75 Å². The van der Waals surface area contributed by atoms with Crippen LogP contribution in [0.1, 0.15) is 35.7 Å². The number of nitrogens with zero attached hydrogens (tertiary/aromatic N) is 1. The highest BCUT2D eigenvalue weighted by molar-refractivity contribution is 6.05. The molecule has 3 rings (SSSR count). The Hall–Kier alpha value is -2.99. The smallest absolute Gasteiger partial charge is 0.257 e. The van der Waals surface area contributed by atoms with E-state index >= 15 is 0 Å². The van der Waals surface area contributed by atoms with E-state index in [1.54, 1.807) is 24.3 Å². The lowest BCUT2D eigenvalue weighted by Crippen LogP contribution is -2.37. The van der Waals surface area contributed by atoms with Gasteiger partial charge in [0.25, 0.3) is 5.91 Å². The van der Waals surface area contributed by atoms with Crippen LogP contribution in [0.3, 0.4) is 0 Å². The number of carbonyl (C=O) groups is 1. The van der Waals surface area contributed by atoms with Crippen molar-refractivity contribution in [2.24, 2.45) is 10.7 Å². The molecule has 4 N–H and O–H groups in total. The van der Waals surface area contributed by atoms with Crippen molar-refractivity contribution in [1.82, 2.24) is 10.3 Å². The molecule has 0 aliphatic heterocycles. The number of guanidine groups is 1. The molecule has 0 aliphatic rings. The summed E-state index contributed by atoms with van der Waals surface area (Å²) in [5.41, 5.74) is 8.65. The largest absolute Gasteiger partial charge is 0.494 e. The predicted octanol–water partition coefficient (Wildman–Crippen LogP) is 4.06. The number of hydrogen-bond donors (Lipinski definition) is 3. The highest BCUT2D eigenvalue weighted by atomic mass is 35.5. The third-order valence-corrected chi connectivity index (χ3v) is 4.46. The molecule has 2 aromatic carbocycles. The predicted molar refractivity (Wildman–Crippen MR) is 120 cm³/mol. The number of para-hydroxylation sites is 1. The monoisotopic (exact) mass is 414 g/mol. The van der Waals surface area contributed by atoms with Crippen LogP contribution in [0.15, 0.2) is 59.7 Å². The number of benzene rings is 2. The summed E-state index contributed by atoms with van der Waals surface area (Å²) in [5, 5.41) is 3.81. The second-order valence-electron chi connectivity index (χ2n) is 6.56. The summed E-state index contributed by atoms with van der Waals surface area (Å²) in [5.74, 6) is 0.590. The van der Waals surface area contributed by atoms with Gasteiger partial charge in [0.15, 0.2) is 5.96 Å². The van der Waals surface area contributed by atoms with Crippen LogP contribution >= 0.6 is 12.4 Å². The number of hydrogen-bond acceptors (Lipinski definition) is 3. The van der Waals surface area contributed by atoms with Crippen molar-refractivity contribution >= 4 is 35.2 Å². The number of ether oxygens (including phenoxy) is 1. The summed E-state index contributed by atoms with van der Waals surface area (Å²) in [6.45, 7) is 3.29. The Bertz CT molecular complexity index is 951. The molecule has 0 aliphatic carbocycles. The summed E-state index contributed by atoms with van der Waals surface area (Å²) in [6, 6.07) is 15.1. The van der Waals surface area contributed by atoms with E-state index in [0.717, 1.165) is 30.5 Å². The van der Waals surface area contributed by atoms with Gasteiger partial charge in [0.1, 0.15) is 5.75 Å². The van der Waals surface area contributed by atoms with Gasteiger partial charge in [-0.1, -0.05) is 31.5 Å². The average molecular weight is 415 g/mol. The number of nitrogens with one attached hydrogen (secondary N) is 2. The van der Waals surface area contributed by atoms with Crippen LogP contribution in [0.4, 0.5) is 0 Å². The first kappa shape index (κ1) is 22.3. The number of carbonyl (C=O) groups excluding carboxylic acids is 1. The van der Waals surface area contributed by atoms with Gasteiger partial charge in [-0.05, 0) is 48.7 Å². The highest BCUT2D eigenvalue weighted by Gasteiger charge is 2.07. The molecular formula is C22H27ClN4O2. The van der Waals surface area contributed by atoms with Crippen molar-refractivity contribution in [3.8, 4) is 5.75 Å². The fourth-order valence-electron chi connectivity index (χ4n) is 2.90. The molecule has 1 amide bonds. The molecule has 0 saturated heterocycles. The van der Waals surface area contributed by atoms with Crippen LogP contribution in [0, 0.1) is 0 Å². The van der Waals surface area contributed by atoms with Crippen LogP contribution in [-0.4, -0.2) is 30.0 Å². The van der Waals surface area contributed by atoms with Gasteiger partial charge in [-0.25, -0.2) is 0 Å². The van der Waals surface area contributed by atoms with Crippen LogP contribution in [-0.2, 0) is 6.42 Å². The third-order valence-electron chi connectivity index (χ3n) is 4.46. The Balaban J connectivity index is 0.00000300. The molecule has 0 fully saturated rings. The zero-order valence-corrected chi connectivity index (χ0v) is 17.3. The minimum atomic E-state index is -0.284. The minimum Gasteiger partial charge on any atom is -0.494 e. The topological polar surface area (TPSA) is 92.5 Å². The number of amides is 1. The zero-order valence-electron chi connectivity index (χ0n) is 16.5. The van der Waals surface area contributed by atoms with Crippen molar-refractivity contribution in [3.63, 3.8) is 0 Å². The van der Waals surface area contributed by atoms with E-state index in [1.165, 1.54) is 10.9 Å². The molecule has 1 aromatic heterocycles. The van der Waals surface area contributed by atoms with Crippen LogP contribution in [0.2, 0.25) is 0 Å². The normalized spacial score (nSPS) is 11.1. The van der Waals surface area contributed by atoms with E-state index in [2.05, 4.69) is 28.3 Å². The molecule has 7 heteroatoms. The van der Waals surface area contributed by atoms with E-state index in [-0.39, 0.29) is 24.3 Å². The van der Waals surface area contributed by atoms with Gasteiger partial charge >= 0.3 is 0 Å². The maximum Gasteiger partial charge on any atom is 0.257 e. The lowest BCUT2D eigenvalue weighted by atomic mass is 10.1. The first-order chi connectivity index (χ1) is 13.7. The van der Waals surface area contributed by atoms with E-state index < -0.39 is 0 Å². The number of unbranched alkanes of at least 4 members (excludes halogenated alkanes) is 1. The van der Waals surface area contributed by atoms with Gasteiger partial charge in [0.2, 0.25) is 0 Å². The summed E-state index contributed by atoms with van der Waals surface area (Å²) < 4.78 is 5.60.